The topological polar surface area (TPSA) is 9.23 Å². The first-order valence-corrected chi connectivity index (χ1v) is 5.33. The molecule has 2 rings (SSSR count). The Morgan fingerprint density at radius 3 is 2.75 bits per heavy atom. The van der Waals surface area contributed by atoms with E-state index in [4.69, 9.17) is 4.74 Å². The van der Waals surface area contributed by atoms with Crippen LogP contribution in [0.15, 0.2) is 24.3 Å². The van der Waals surface area contributed by atoms with Crippen LogP contribution in [0.4, 0.5) is 0 Å². The standard InChI is InChI=1S/C10H11BrO/c11-7-8-3-1-2-4-10(8)12-9-5-6-9/h1-4,9H,5-7H2. The summed E-state index contributed by atoms with van der Waals surface area (Å²) in [5, 5.41) is 0.871. The maximum atomic E-state index is 5.72. The van der Waals surface area contributed by atoms with Crippen molar-refractivity contribution < 1.29 is 4.74 Å². The van der Waals surface area contributed by atoms with Gasteiger partial charge in [0.2, 0.25) is 0 Å². The van der Waals surface area contributed by atoms with Crippen molar-refractivity contribution in [2.45, 2.75) is 24.3 Å². The molecule has 0 radical (unpaired) electrons. The average Bonchev–Trinajstić information content (AvgIpc) is 2.89. The van der Waals surface area contributed by atoms with Gasteiger partial charge >= 0.3 is 0 Å². The van der Waals surface area contributed by atoms with E-state index in [0.717, 1.165) is 11.1 Å². The number of hydrogen-bond acceptors (Lipinski definition) is 1. The fourth-order valence-electron chi connectivity index (χ4n) is 1.09. The van der Waals surface area contributed by atoms with Gasteiger partial charge in [-0.2, -0.15) is 0 Å². The Bertz CT molecular complexity index is 268. The molecule has 1 saturated carbocycles. The summed E-state index contributed by atoms with van der Waals surface area (Å²) in [6, 6.07) is 8.18. The van der Waals surface area contributed by atoms with Crippen molar-refractivity contribution in [1.29, 1.82) is 0 Å². The molecule has 0 amide bonds. The summed E-state index contributed by atoms with van der Waals surface area (Å²) in [7, 11) is 0. The number of halogens is 1. The molecule has 0 spiro atoms. The van der Waals surface area contributed by atoms with E-state index >= 15 is 0 Å². The van der Waals surface area contributed by atoms with Crippen LogP contribution in [0.25, 0.3) is 0 Å². The van der Waals surface area contributed by atoms with Crippen LogP contribution in [-0.4, -0.2) is 6.10 Å². The first kappa shape index (κ1) is 8.11. The Balaban J connectivity index is 2.15. The smallest absolute Gasteiger partial charge is 0.123 e. The molecule has 0 N–H and O–H groups in total. The zero-order valence-corrected chi connectivity index (χ0v) is 8.38. The number of benzene rings is 1. The highest BCUT2D eigenvalue weighted by molar-refractivity contribution is 9.08. The van der Waals surface area contributed by atoms with E-state index in [1.165, 1.54) is 18.4 Å². The van der Waals surface area contributed by atoms with E-state index in [-0.39, 0.29) is 0 Å². The molecule has 0 heterocycles. The molecule has 0 aromatic heterocycles. The fraction of sp³-hybridized carbons (Fsp3) is 0.400. The van der Waals surface area contributed by atoms with Gasteiger partial charge in [-0.15, -0.1) is 0 Å². The van der Waals surface area contributed by atoms with Crippen LogP contribution in [0.5, 0.6) is 5.75 Å². The minimum Gasteiger partial charge on any atom is -0.490 e. The van der Waals surface area contributed by atoms with Crippen molar-refractivity contribution >= 4 is 15.9 Å². The molecule has 1 fully saturated rings. The van der Waals surface area contributed by atoms with E-state index in [0.29, 0.717) is 6.10 Å². The first-order valence-electron chi connectivity index (χ1n) is 4.20. The molecule has 1 aliphatic carbocycles. The zero-order valence-electron chi connectivity index (χ0n) is 6.79. The second kappa shape index (κ2) is 3.48. The van der Waals surface area contributed by atoms with Crippen LogP contribution in [0, 0.1) is 0 Å². The number of rotatable bonds is 3. The molecule has 0 bridgehead atoms. The van der Waals surface area contributed by atoms with Gasteiger partial charge in [-0.3, -0.25) is 0 Å². The molecule has 0 saturated heterocycles. The van der Waals surface area contributed by atoms with Gasteiger partial charge in [0.1, 0.15) is 5.75 Å². The highest BCUT2D eigenvalue weighted by Gasteiger charge is 2.24. The second-order valence-corrected chi connectivity index (χ2v) is 3.62. The van der Waals surface area contributed by atoms with Crippen LogP contribution in [-0.2, 0) is 5.33 Å². The number of hydrogen-bond donors (Lipinski definition) is 0. The van der Waals surface area contributed by atoms with Crippen molar-refractivity contribution in [2.75, 3.05) is 0 Å². The minimum absolute atomic E-state index is 0.491. The van der Waals surface area contributed by atoms with Crippen molar-refractivity contribution in [3.63, 3.8) is 0 Å². The van der Waals surface area contributed by atoms with Crippen molar-refractivity contribution in [1.82, 2.24) is 0 Å². The Morgan fingerprint density at radius 1 is 1.33 bits per heavy atom. The van der Waals surface area contributed by atoms with Crippen molar-refractivity contribution in [2.24, 2.45) is 0 Å². The van der Waals surface area contributed by atoms with Crippen LogP contribution >= 0.6 is 15.9 Å². The molecular formula is C10H11BrO. The van der Waals surface area contributed by atoms with Gasteiger partial charge in [0.25, 0.3) is 0 Å². The van der Waals surface area contributed by atoms with E-state index in [1.54, 1.807) is 0 Å². The largest absolute Gasteiger partial charge is 0.490 e. The summed E-state index contributed by atoms with van der Waals surface area (Å²) in [5.74, 6) is 1.04. The van der Waals surface area contributed by atoms with Gasteiger partial charge in [-0.1, -0.05) is 34.1 Å². The van der Waals surface area contributed by atoms with Crippen LogP contribution < -0.4 is 4.74 Å². The lowest BCUT2D eigenvalue weighted by molar-refractivity contribution is 0.301. The lowest BCUT2D eigenvalue weighted by Crippen LogP contribution is -1.98. The molecule has 0 unspecified atom stereocenters. The molecule has 12 heavy (non-hydrogen) atoms. The Morgan fingerprint density at radius 2 is 2.08 bits per heavy atom. The molecule has 1 aromatic carbocycles. The van der Waals surface area contributed by atoms with Gasteiger partial charge in [0.05, 0.1) is 6.10 Å². The Kier molecular flexibility index (Phi) is 2.35. The zero-order chi connectivity index (χ0) is 8.39. The third-order valence-electron chi connectivity index (χ3n) is 1.93. The average molecular weight is 227 g/mol. The second-order valence-electron chi connectivity index (χ2n) is 3.06. The summed E-state index contributed by atoms with van der Waals surface area (Å²) in [6.45, 7) is 0. The van der Waals surface area contributed by atoms with E-state index in [1.807, 2.05) is 18.2 Å². The lowest BCUT2D eigenvalue weighted by atomic mass is 10.2. The van der Waals surface area contributed by atoms with Crippen LogP contribution in [0.1, 0.15) is 18.4 Å². The molecule has 1 nitrogen and oxygen atoms in total. The first-order chi connectivity index (χ1) is 5.90. The quantitative estimate of drug-likeness (QED) is 0.721. The van der Waals surface area contributed by atoms with Gasteiger partial charge in [0.15, 0.2) is 0 Å². The summed E-state index contributed by atoms with van der Waals surface area (Å²) in [4.78, 5) is 0. The highest BCUT2D eigenvalue weighted by atomic mass is 79.9. The molecular weight excluding hydrogens is 216 g/mol. The van der Waals surface area contributed by atoms with E-state index < -0.39 is 0 Å². The third-order valence-corrected chi connectivity index (χ3v) is 2.54. The third kappa shape index (κ3) is 1.81. The summed E-state index contributed by atoms with van der Waals surface area (Å²) < 4.78 is 5.72. The van der Waals surface area contributed by atoms with Gasteiger partial charge in [-0.05, 0) is 18.9 Å². The molecule has 0 atom stereocenters. The van der Waals surface area contributed by atoms with Crippen LogP contribution in [0.2, 0.25) is 0 Å². The number of para-hydroxylation sites is 1. The Hall–Kier alpha value is -0.500. The number of ether oxygens (including phenoxy) is 1. The van der Waals surface area contributed by atoms with Crippen molar-refractivity contribution in [3.05, 3.63) is 29.8 Å². The molecule has 0 aliphatic heterocycles. The summed E-state index contributed by atoms with van der Waals surface area (Å²) in [6.07, 6.45) is 2.93. The van der Waals surface area contributed by atoms with Gasteiger partial charge in [0, 0.05) is 10.9 Å². The minimum atomic E-state index is 0.491. The summed E-state index contributed by atoms with van der Waals surface area (Å²) in [5.41, 5.74) is 1.24. The highest BCUT2D eigenvalue weighted by Crippen LogP contribution is 2.29. The molecule has 64 valence electrons. The molecule has 1 aliphatic rings. The predicted octanol–water partition coefficient (Wildman–Crippen LogP) is 3.12. The van der Waals surface area contributed by atoms with Gasteiger partial charge < -0.3 is 4.74 Å². The normalized spacial score (nSPS) is 16.1. The Labute approximate surface area is 80.9 Å². The maximum Gasteiger partial charge on any atom is 0.123 e. The monoisotopic (exact) mass is 226 g/mol. The fourth-order valence-corrected chi connectivity index (χ4v) is 1.56. The lowest BCUT2D eigenvalue weighted by Gasteiger charge is -2.07. The van der Waals surface area contributed by atoms with Crippen molar-refractivity contribution in [3.8, 4) is 5.75 Å². The number of alkyl halides is 1. The summed E-state index contributed by atoms with van der Waals surface area (Å²) >= 11 is 3.44. The van der Waals surface area contributed by atoms with Crippen LogP contribution in [0.3, 0.4) is 0 Å². The SMILES string of the molecule is BrCc1ccccc1OC1CC1. The maximum absolute atomic E-state index is 5.72. The molecule has 1 aromatic rings. The van der Waals surface area contributed by atoms with E-state index in [2.05, 4.69) is 22.0 Å². The molecule has 2 heteroatoms. The predicted molar refractivity (Wildman–Crippen MR) is 52.7 cm³/mol. The van der Waals surface area contributed by atoms with E-state index in [9.17, 15) is 0 Å². The van der Waals surface area contributed by atoms with Gasteiger partial charge in [-0.25, -0.2) is 0 Å².